The van der Waals surface area contributed by atoms with Crippen LogP contribution in [0.2, 0.25) is 0 Å². The fourth-order valence-electron chi connectivity index (χ4n) is 2.52. The lowest BCUT2D eigenvalue weighted by Gasteiger charge is -2.06. The van der Waals surface area contributed by atoms with E-state index in [4.69, 9.17) is 9.47 Å². The van der Waals surface area contributed by atoms with E-state index in [2.05, 4.69) is 15.8 Å². The van der Waals surface area contributed by atoms with E-state index < -0.39 is 11.9 Å². The third kappa shape index (κ3) is 6.78. The molecular formula is C23H21N3O5S. The molecule has 3 rings (SSSR count). The summed E-state index contributed by atoms with van der Waals surface area (Å²) in [6, 6.07) is 16.8. The lowest BCUT2D eigenvalue weighted by Crippen LogP contribution is -2.34. The average molecular weight is 452 g/mol. The van der Waals surface area contributed by atoms with E-state index in [0.717, 1.165) is 0 Å². The Balaban J connectivity index is 1.41. The maximum atomic E-state index is 12.1. The number of nitrogens with one attached hydrogen (secondary N) is 2. The molecule has 32 heavy (non-hydrogen) atoms. The summed E-state index contributed by atoms with van der Waals surface area (Å²) in [5, 5.41) is 8.18. The highest BCUT2D eigenvalue weighted by Gasteiger charge is 2.09. The third-order valence-corrected chi connectivity index (χ3v) is 4.90. The van der Waals surface area contributed by atoms with E-state index in [1.54, 1.807) is 66.0 Å². The summed E-state index contributed by atoms with van der Waals surface area (Å²) in [5.74, 6) is -0.186. The van der Waals surface area contributed by atoms with Crippen molar-refractivity contribution in [2.45, 2.75) is 6.92 Å². The Morgan fingerprint density at radius 3 is 2.38 bits per heavy atom. The Bertz CT molecular complexity index is 1080. The predicted octanol–water partition coefficient (Wildman–Crippen LogP) is 3.25. The van der Waals surface area contributed by atoms with Crippen LogP contribution in [0, 0.1) is 0 Å². The second-order valence-electron chi connectivity index (χ2n) is 6.37. The molecule has 1 aromatic heterocycles. The van der Waals surface area contributed by atoms with Crippen LogP contribution in [0.5, 0.6) is 11.5 Å². The molecule has 0 saturated heterocycles. The highest BCUT2D eigenvalue weighted by atomic mass is 32.1. The number of hydrazone groups is 1. The molecular weight excluding hydrogens is 430 g/mol. The van der Waals surface area contributed by atoms with Crippen molar-refractivity contribution in [1.82, 2.24) is 10.7 Å². The van der Waals surface area contributed by atoms with E-state index in [1.165, 1.54) is 17.6 Å². The maximum absolute atomic E-state index is 12.1. The minimum atomic E-state index is -0.470. The normalized spacial score (nSPS) is 10.5. The van der Waals surface area contributed by atoms with Gasteiger partial charge in [-0.25, -0.2) is 10.2 Å². The standard InChI is InChI=1S/C23H21N3O5S/c1-2-30-18-11-7-17(8-12-18)22(28)24-15-21(27)26-25-14-16-5-9-19(10-6-16)31-23(29)20-4-3-13-32-20/h3-14H,2,15H2,1H3,(H,24,28)(H,26,27)/b25-14-. The zero-order valence-corrected chi connectivity index (χ0v) is 18.1. The van der Waals surface area contributed by atoms with Crippen LogP contribution >= 0.6 is 11.3 Å². The lowest BCUT2D eigenvalue weighted by atomic mass is 10.2. The van der Waals surface area contributed by atoms with Gasteiger partial charge in [0.1, 0.15) is 16.4 Å². The first-order chi connectivity index (χ1) is 15.5. The van der Waals surface area contributed by atoms with Gasteiger partial charge in [-0.2, -0.15) is 5.10 Å². The summed E-state index contributed by atoms with van der Waals surface area (Å²) in [6.07, 6.45) is 1.44. The van der Waals surface area contributed by atoms with Crippen LogP contribution in [0.25, 0.3) is 0 Å². The van der Waals surface area contributed by atoms with Gasteiger partial charge in [-0.3, -0.25) is 9.59 Å². The second kappa shape index (κ2) is 11.4. The molecule has 0 atom stereocenters. The molecule has 8 nitrogen and oxygen atoms in total. The summed E-state index contributed by atoms with van der Waals surface area (Å²) in [5.41, 5.74) is 3.46. The summed E-state index contributed by atoms with van der Waals surface area (Å²) >= 11 is 1.31. The Kier molecular flexibility index (Phi) is 8.10. The van der Waals surface area contributed by atoms with E-state index >= 15 is 0 Å². The quantitative estimate of drug-likeness (QED) is 0.225. The molecule has 9 heteroatoms. The van der Waals surface area contributed by atoms with Gasteiger partial charge >= 0.3 is 5.97 Å². The van der Waals surface area contributed by atoms with Crippen molar-refractivity contribution in [3.8, 4) is 11.5 Å². The van der Waals surface area contributed by atoms with Gasteiger partial charge in [0, 0.05) is 5.56 Å². The van der Waals surface area contributed by atoms with Crippen molar-refractivity contribution >= 4 is 35.3 Å². The van der Waals surface area contributed by atoms with Crippen molar-refractivity contribution in [3.63, 3.8) is 0 Å². The van der Waals surface area contributed by atoms with E-state index in [9.17, 15) is 14.4 Å². The number of rotatable bonds is 9. The van der Waals surface area contributed by atoms with Gasteiger partial charge in [0.2, 0.25) is 0 Å². The number of hydrogen-bond acceptors (Lipinski definition) is 7. The zero-order chi connectivity index (χ0) is 22.8. The first kappa shape index (κ1) is 22.7. The fraction of sp³-hybridized carbons (Fsp3) is 0.130. The van der Waals surface area contributed by atoms with Crippen LogP contribution in [0.4, 0.5) is 0 Å². The van der Waals surface area contributed by atoms with Crippen LogP contribution in [-0.4, -0.2) is 37.1 Å². The fourth-order valence-corrected chi connectivity index (χ4v) is 3.12. The first-order valence-electron chi connectivity index (χ1n) is 9.74. The molecule has 3 aromatic rings. The van der Waals surface area contributed by atoms with E-state index in [1.807, 2.05) is 6.92 Å². The molecule has 0 spiro atoms. The molecule has 0 aliphatic heterocycles. The monoisotopic (exact) mass is 451 g/mol. The number of carbonyl (C=O) groups is 3. The minimum Gasteiger partial charge on any atom is -0.494 e. The Hall–Kier alpha value is -3.98. The molecule has 0 fully saturated rings. The first-order valence-corrected chi connectivity index (χ1v) is 10.6. The molecule has 0 bridgehead atoms. The lowest BCUT2D eigenvalue weighted by molar-refractivity contribution is -0.120. The van der Waals surface area contributed by atoms with E-state index in [0.29, 0.717) is 34.1 Å². The Morgan fingerprint density at radius 2 is 1.72 bits per heavy atom. The van der Waals surface area contributed by atoms with Crippen molar-refractivity contribution in [1.29, 1.82) is 0 Å². The zero-order valence-electron chi connectivity index (χ0n) is 17.2. The van der Waals surface area contributed by atoms with Gasteiger partial charge in [0.25, 0.3) is 11.8 Å². The van der Waals surface area contributed by atoms with Gasteiger partial charge in [-0.05, 0) is 72.5 Å². The molecule has 0 aliphatic carbocycles. The van der Waals surface area contributed by atoms with Crippen LogP contribution < -0.4 is 20.2 Å². The van der Waals surface area contributed by atoms with Crippen LogP contribution in [0.3, 0.4) is 0 Å². The topological polar surface area (TPSA) is 106 Å². The molecule has 2 aromatic carbocycles. The SMILES string of the molecule is CCOc1ccc(C(=O)NCC(=O)N/N=C\c2ccc(OC(=O)c3cccs3)cc2)cc1. The summed E-state index contributed by atoms with van der Waals surface area (Å²) in [6.45, 7) is 2.20. The number of amides is 2. The molecule has 164 valence electrons. The largest absolute Gasteiger partial charge is 0.494 e. The van der Waals surface area contributed by atoms with Crippen LogP contribution in [0.15, 0.2) is 71.1 Å². The maximum Gasteiger partial charge on any atom is 0.353 e. The smallest absolute Gasteiger partial charge is 0.353 e. The molecule has 0 aliphatic rings. The highest BCUT2D eigenvalue weighted by molar-refractivity contribution is 7.12. The van der Waals surface area contributed by atoms with Gasteiger partial charge in [0.05, 0.1) is 19.4 Å². The molecule has 0 unspecified atom stereocenters. The summed E-state index contributed by atoms with van der Waals surface area (Å²) in [4.78, 5) is 36.4. The number of thiophene rings is 1. The molecule has 0 saturated carbocycles. The van der Waals surface area contributed by atoms with Crippen LogP contribution in [-0.2, 0) is 4.79 Å². The van der Waals surface area contributed by atoms with Crippen molar-refractivity contribution in [2.24, 2.45) is 5.10 Å². The van der Waals surface area contributed by atoms with Crippen molar-refractivity contribution < 1.29 is 23.9 Å². The molecule has 2 N–H and O–H groups in total. The number of nitrogens with zero attached hydrogens (tertiary/aromatic N) is 1. The Morgan fingerprint density at radius 1 is 1.00 bits per heavy atom. The third-order valence-electron chi connectivity index (χ3n) is 4.05. The summed E-state index contributed by atoms with van der Waals surface area (Å²) < 4.78 is 10.6. The average Bonchev–Trinajstić information content (AvgIpc) is 3.35. The number of esters is 1. The van der Waals surface area contributed by atoms with Crippen molar-refractivity contribution in [2.75, 3.05) is 13.2 Å². The van der Waals surface area contributed by atoms with Gasteiger partial charge < -0.3 is 14.8 Å². The van der Waals surface area contributed by atoms with Gasteiger partial charge in [0.15, 0.2) is 0 Å². The second-order valence-corrected chi connectivity index (χ2v) is 7.32. The Labute approximate surface area is 188 Å². The molecule has 1 heterocycles. The molecule has 0 radical (unpaired) electrons. The van der Waals surface area contributed by atoms with Gasteiger partial charge in [-0.15, -0.1) is 11.3 Å². The minimum absolute atomic E-state index is 0.221. The number of ether oxygens (including phenoxy) is 2. The van der Waals surface area contributed by atoms with Gasteiger partial charge in [-0.1, -0.05) is 6.07 Å². The number of carbonyl (C=O) groups excluding carboxylic acids is 3. The summed E-state index contributed by atoms with van der Waals surface area (Å²) in [7, 11) is 0. The molecule has 2 amide bonds. The van der Waals surface area contributed by atoms with Crippen molar-refractivity contribution in [3.05, 3.63) is 82.0 Å². The number of hydrogen-bond donors (Lipinski definition) is 2. The van der Waals surface area contributed by atoms with E-state index in [-0.39, 0.29) is 12.5 Å². The number of benzene rings is 2. The predicted molar refractivity (Wildman–Crippen MR) is 121 cm³/mol. The highest BCUT2D eigenvalue weighted by Crippen LogP contribution is 2.16. The van der Waals surface area contributed by atoms with Crippen LogP contribution in [0.1, 0.15) is 32.5 Å².